The van der Waals surface area contributed by atoms with E-state index in [0.29, 0.717) is 24.7 Å². The lowest BCUT2D eigenvalue weighted by molar-refractivity contribution is 0.258. The van der Waals surface area contributed by atoms with Crippen LogP contribution in [0.2, 0.25) is 0 Å². The maximum Gasteiger partial charge on any atom is 0.265 e. The lowest BCUT2D eigenvalue weighted by Crippen LogP contribution is -2.15. The summed E-state index contributed by atoms with van der Waals surface area (Å²) >= 11 is 0. The Morgan fingerprint density at radius 2 is 2.00 bits per heavy atom. The first-order valence-electron chi connectivity index (χ1n) is 6.97. The van der Waals surface area contributed by atoms with Crippen LogP contribution in [0.1, 0.15) is 5.56 Å². The van der Waals surface area contributed by atoms with Crippen molar-refractivity contribution in [1.29, 1.82) is 0 Å². The van der Waals surface area contributed by atoms with Gasteiger partial charge in [-0.05, 0) is 36.8 Å². The Labute approximate surface area is 129 Å². The first kappa shape index (κ1) is 14.9. The summed E-state index contributed by atoms with van der Waals surface area (Å²) in [6, 6.07) is 13.8. The Morgan fingerprint density at radius 1 is 1.23 bits per heavy atom. The van der Waals surface area contributed by atoms with Crippen LogP contribution in [0.4, 0.5) is 5.69 Å². The highest BCUT2D eigenvalue weighted by atomic mass is 32.2. The van der Waals surface area contributed by atoms with Gasteiger partial charge in [0.15, 0.2) is 0 Å². The van der Waals surface area contributed by atoms with E-state index in [2.05, 4.69) is 4.72 Å². The molecule has 1 N–H and O–H groups in total. The molecule has 5 nitrogen and oxygen atoms in total. The summed E-state index contributed by atoms with van der Waals surface area (Å²) in [6.07, 6.45) is 0.0699. The van der Waals surface area contributed by atoms with Gasteiger partial charge >= 0.3 is 0 Å². The van der Waals surface area contributed by atoms with Crippen LogP contribution in [0.15, 0.2) is 53.4 Å². The molecule has 3 rings (SSSR count). The molecule has 1 saturated heterocycles. The van der Waals surface area contributed by atoms with E-state index in [1.807, 2.05) is 13.0 Å². The normalized spacial score (nSPS) is 17.0. The summed E-state index contributed by atoms with van der Waals surface area (Å²) < 4.78 is 38.4. The number of rotatable bonds is 6. The first-order chi connectivity index (χ1) is 10.5. The maximum atomic E-state index is 12.6. The van der Waals surface area contributed by atoms with Crippen molar-refractivity contribution in [2.75, 3.05) is 17.9 Å². The van der Waals surface area contributed by atoms with E-state index < -0.39 is 10.0 Å². The van der Waals surface area contributed by atoms with Crippen LogP contribution in [0, 0.1) is 6.92 Å². The second kappa shape index (κ2) is 5.98. The Morgan fingerprint density at radius 3 is 2.73 bits per heavy atom. The minimum absolute atomic E-state index is 0.0699. The Bertz CT molecular complexity index is 769. The van der Waals surface area contributed by atoms with Crippen molar-refractivity contribution in [2.24, 2.45) is 0 Å². The van der Waals surface area contributed by atoms with Crippen LogP contribution in [0.5, 0.6) is 5.75 Å². The third-order valence-corrected chi connectivity index (χ3v) is 4.66. The van der Waals surface area contributed by atoms with Gasteiger partial charge in [-0.15, -0.1) is 0 Å². The second-order valence-electron chi connectivity index (χ2n) is 5.19. The zero-order valence-electron chi connectivity index (χ0n) is 12.2. The fourth-order valence-corrected chi connectivity index (χ4v) is 3.25. The molecule has 0 bridgehead atoms. The van der Waals surface area contributed by atoms with Gasteiger partial charge in [0.1, 0.15) is 23.4 Å². The Balaban J connectivity index is 1.84. The van der Waals surface area contributed by atoms with Crippen molar-refractivity contribution >= 4 is 15.7 Å². The summed E-state index contributed by atoms with van der Waals surface area (Å²) in [7, 11) is -3.70. The van der Waals surface area contributed by atoms with Gasteiger partial charge < -0.3 is 9.47 Å². The van der Waals surface area contributed by atoms with E-state index >= 15 is 0 Å². The van der Waals surface area contributed by atoms with Gasteiger partial charge in [0.05, 0.1) is 6.61 Å². The van der Waals surface area contributed by atoms with Gasteiger partial charge in [-0.25, -0.2) is 8.42 Å². The van der Waals surface area contributed by atoms with E-state index in [4.69, 9.17) is 9.47 Å². The molecule has 2 aromatic carbocycles. The monoisotopic (exact) mass is 319 g/mol. The average Bonchev–Trinajstić information content (AvgIpc) is 3.29. The van der Waals surface area contributed by atoms with Crippen molar-refractivity contribution < 1.29 is 17.9 Å². The molecule has 0 aliphatic carbocycles. The molecule has 0 radical (unpaired) electrons. The summed E-state index contributed by atoms with van der Waals surface area (Å²) in [5, 5.41) is 0. The van der Waals surface area contributed by atoms with Gasteiger partial charge in [0, 0.05) is 5.69 Å². The van der Waals surface area contributed by atoms with E-state index in [9.17, 15) is 8.42 Å². The SMILES string of the molecule is Cc1cccc(NS(=O)(=O)c2ccccc2OCC2CO2)c1. The summed E-state index contributed by atoms with van der Waals surface area (Å²) in [5.74, 6) is 0.332. The van der Waals surface area contributed by atoms with Crippen LogP contribution < -0.4 is 9.46 Å². The minimum Gasteiger partial charge on any atom is -0.489 e. The molecule has 0 amide bonds. The van der Waals surface area contributed by atoms with Crippen LogP contribution in [-0.2, 0) is 14.8 Å². The van der Waals surface area contributed by atoms with Crippen molar-refractivity contribution in [3.8, 4) is 5.75 Å². The summed E-state index contributed by atoms with van der Waals surface area (Å²) in [4.78, 5) is 0.122. The molecular weight excluding hydrogens is 302 g/mol. The molecule has 1 aliphatic heterocycles. The fraction of sp³-hybridized carbons (Fsp3) is 0.250. The highest BCUT2D eigenvalue weighted by Gasteiger charge is 2.25. The predicted octanol–water partition coefficient (Wildman–Crippen LogP) is 2.57. The van der Waals surface area contributed by atoms with Gasteiger partial charge in [0.25, 0.3) is 10.0 Å². The van der Waals surface area contributed by atoms with Crippen molar-refractivity contribution in [2.45, 2.75) is 17.9 Å². The number of nitrogens with one attached hydrogen (secondary N) is 1. The Kier molecular flexibility index (Phi) is 4.04. The maximum absolute atomic E-state index is 12.6. The third-order valence-electron chi connectivity index (χ3n) is 3.24. The van der Waals surface area contributed by atoms with E-state index in [1.54, 1.807) is 36.4 Å². The molecule has 116 valence electrons. The van der Waals surface area contributed by atoms with Gasteiger partial charge in [-0.3, -0.25) is 4.72 Å². The van der Waals surface area contributed by atoms with Gasteiger partial charge in [-0.1, -0.05) is 24.3 Å². The number of para-hydroxylation sites is 1. The van der Waals surface area contributed by atoms with Gasteiger partial charge in [-0.2, -0.15) is 0 Å². The zero-order chi connectivity index (χ0) is 15.6. The highest BCUT2D eigenvalue weighted by molar-refractivity contribution is 7.92. The second-order valence-corrected chi connectivity index (χ2v) is 6.84. The molecule has 0 aromatic heterocycles. The van der Waals surface area contributed by atoms with Crippen LogP contribution in [0.25, 0.3) is 0 Å². The minimum atomic E-state index is -3.70. The van der Waals surface area contributed by atoms with Crippen molar-refractivity contribution in [3.05, 3.63) is 54.1 Å². The molecule has 0 saturated carbocycles. The molecule has 1 unspecified atom stereocenters. The number of epoxide rings is 1. The van der Waals surface area contributed by atoms with Gasteiger partial charge in [0.2, 0.25) is 0 Å². The van der Waals surface area contributed by atoms with E-state index in [1.165, 1.54) is 6.07 Å². The van der Waals surface area contributed by atoms with E-state index in [0.717, 1.165) is 5.56 Å². The van der Waals surface area contributed by atoms with Crippen LogP contribution in [0.3, 0.4) is 0 Å². The molecule has 1 atom stereocenters. The molecule has 1 heterocycles. The van der Waals surface area contributed by atoms with Crippen molar-refractivity contribution in [1.82, 2.24) is 0 Å². The predicted molar refractivity (Wildman–Crippen MR) is 83.7 cm³/mol. The zero-order valence-corrected chi connectivity index (χ0v) is 13.0. The lowest BCUT2D eigenvalue weighted by atomic mass is 10.2. The highest BCUT2D eigenvalue weighted by Crippen LogP contribution is 2.26. The number of anilines is 1. The molecule has 22 heavy (non-hydrogen) atoms. The molecule has 1 fully saturated rings. The number of hydrogen-bond acceptors (Lipinski definition) is 4. The number of aryl methyl sites for hydroxylation is 1. The number of benzene rings is 2. The summed E-state index contributed by atoms with van der Waals surface area (Å²) in [5.41, 5.74) is 1.51. The average molecular weight is 319 g/mol. The molecular formula is C16H17NO4S. The third kappa shape index (κ3) is 3.58. The summed E-state index contributed by atoms with van der Waals surface area (Å²) in [6.45, 7) is 2.93. The first-order valence-corrected chi connectivity index (χ1v) is 8.46. The fourth-order valence-electron chi connectivity index (χ4n) is 2.06. The molecule has 2 aromatic rings. The Hall–Kier alpha value is -2.05. The standard InChI is InChI=1S/C16H17NO4S/c1-12-5-4-6-13(9-12)17-22(18,19)16-8-3-2-7-15(16)21-11-14-10-20-14/h2-9,14,17H,10-11H2,1H3. The number of hydrogen-bond donors (Lipinski definition) is 1. The molecule has 1 aliphatic rings. The topological polar surface area (TPSA) is 67.9 Å². The largest absolute Gasteiger partial charge is 0.489 e. The van der Waals surface area contributed by atoms with Crippen LogP contribution in [-0.4, -0.2) is 27.7 Å². The molecule has 6 heteroatoms. The quantitative estimate of drug-likeness (QED) is 0.831. The smallest absolute Gasteiger partial charge is 0.265 e. The van der Waals surface area contributed by atoms with Crippen LogP contribution >= 0.6 is 0 Å². The van der Waals surface area contributed by atoms with Crippen molar-refractivity contribution in [3.63, 3.8) is 0 Å². The van der Waals surface area contributed by atoms with E-state index in [-0.39, 0.29) is 11.0 Å². The number of ether oxygens (including phenoxy) is 2. The lowest BCUT2D eigenvalue weighted by Gasteiger charge is -2.13. The number of sulfonamides is 1. The molecule has 0 spiro atoms.